The number of carbonyl (C=O) groups excluding carboxylic acids is 1. The summed E-state index contributed by atoms with van der Waals surface area (Å²) >= 11 is 7.48. The summed E-state index contributed by atoms with van der Waals surface area (Å²) in [5.41, 5.74) is 0.803. The second-order valence-corrected chi connectivity index (χ2v) is 10.2. The fourth-order valence-electron chi connectivity index (χ4n) is 3.98. The Hall–Kier alpha value is -3.43. The van der Waals surface area contributed by atoms with Gasteiger partial charge in [0, 0.05) is 16.7 Å². The van der Waals surface area contributed by atoms with Crippen molar-refractivity contribution in [1.82, 2.24) is 19.7 Å². The van der Waals surface area contributed by atoms with Gasteiger partial charge in [-0.15, -0.1) is 11.3 Å². The van der Waals surface area contributed by atoms with Gasteiger partial charge in [0.05, 0.1) is 10.6 Å². The Morgan fingerprint density at radius 1 is 1.20 bits per heavy atom. The van der Waals surface area contributed by atoms with Crippen molar-refractivity contribution in [2.24, 2.45) is 0 Å². The van der Waals surface area contributed by atoms with Gasteiger partial charge in [-0.05, 0) is 75.2 Å². The fourth-order valence-corrected chi connectivity index (χ4v) is 4.78. The molecule has 0 bridgehead atoms. The number of aryl methyl sites for hydroxylation is 1. The first-order valence-corrected chi connectivity index (χ1v) is 12.6. The lowest BCUT2D eigenvalue weighted by Crippen LogP contribution is -2.43. The van der Waals surface area contributed by atoms with Crippen LogP contribution >= 0.6 is 22.9 Å². The van der Waals surface area contributed by atoms with Gasteiger partial charge in [0.25, 0.3) is 11.5 Å². The van der Waals surface area contributed by atoms with Crippen LogP contribution in [0.2, 0.25) is 5.02 Å². The second-order valence-electron chi connectivity index (χ2n) is 8.85. The van der Waals surface area contributed by atoms with Gasteiger partial charge < -0.3 is 10.1 Å². The number of aromatic nitrogens is 4. The Labute approximate surface area is 210 Å². The van der Waals surface area contributed by atoms with Gasteiger partial charge in [-0.25, -0.2) is 4.98 Å². The number of halogens is 1. The van der Waals surface area contributed by atoms with Crippen LogP contribution in [0.25, 0.3) is 16.5 Å². The van der Waals surface area contributed by atoms with Crippen LogP contribution in [0.4, 0.5) is 5.82 Å². The maximum atomic E-state index is 13.3. The minimum Gasteiger partial charge on any atom is -0.478 e. The molecule has 10 heteroatoms. The van der Waals surface area contributed by atoms with E-state index < -0.39 is 5.60 Å². The predicted octanol–water partition coefficient (Wildman–Crippen LogP) is 5.01. The van der Waals surface area contributed by atoms with Crippen LogP contribution in [0.3, 0.4) is 0 Å². The van der Waals surface area contributed by atoms with Gasteiger partial charge in [-0.3, -0.25) is 14.6 Å². The molecule has 0 atom stereocenters. The number of amides is 1. The molecule has 180 valence electrons. The Bertz CT molecular complexity index is 1420. The summed E-state index contributed by atoms with van der Waals surface area (Å²) in [6.07, 6.45) is 3.43. The summed E-state index contributed by atoms with van der Waals surface area (Å²) in [6.45, 7) is 3.35. The maximum Gasteiger partial charge on any atom is 0.269 e. The SMILES string of the molecule is CC(C)(Oc1ccc(Cl)cc1)C(=O)Nc1cc(-c2cccs2)nn1-c1nc2c(c(=O)[nH]1)CCCC2. The molecule has 1 aliphatic carbocycles. The highest BCUT2D eigenvalue weighted by atomic mass is 35.5. The van der Waals surface area contributed by atoms with Gasteiger partial charge in [0.1, 0.15) is 17.3 Å². The van der Waals surface area contributed by atoms with E-state index in [1.54, 1.807) is 44.2 Å². The molecule has 0 fully saturated rings. The van der Waals surface area contributed by atoms with Crippen LogP contribution in [0.1, 0.15) is 37.9 Å². The largest absolute Gasteiger partial charge is 0.478 e. The van der Waals surface area contributed by atoms with Crippen LogP contribution in [-0.2, 0) is 17.6 Å². The number of thiophene rings is 1. The molecule has 0 unspecified atom stereocenters. The van der Waals surface area contributed by atoms with Gasteiger partial charge in [-0.1, -0.05) is 17.7 Å². The molecular weight excluding hydrogens is 486 g/mol. The zero-order valence-electron chi connectivity index (χ0n) is 19.3. The lowest BCUT2D eigenvalue weighted by molar-refractivity contribution is -0.128. The molecule has 3 heterocycles. The number of hydrogen-bond acceptors (Lipinski definition) is 6. The molecule has 0 aliphatic heterocycles. The standard InChI is InChI=1S/C25H24ClN5O3S/c1-25(2,34-16-11-9-15(26)10-12-16)23(33)28-21-14-19(20-8-5-13-35-20)30-31(21)24-27-18-7-4-3-6-17(18)22(32)29-24/h5,8-14H,3-4,6-7H2,1-2H3,(H,28,33)(H,27,29,32). The van der Waals surface area contributed by atoms with Crippen LogP contribution in [0.15, 0.2) is 52.6 Å². The Kier molecular flexibility index (Phi) is 6.21. The third-order valence-corrected chi connectivity index (χ3v) is 6.98. The number of rotatable bonds is 6. The quantitative estimate of drug-likeness (QED) is 0.380. The summed E-state index contributed by atoms with van der Waals surface area (Å²) in [5.74, 6) is 0.782. The number of fused-ring (bicyclic) bond motifs is 1. The first kappa shape index (κ1) is 23.3. The average Bonchev–Trinajstić information content (AvgIpc) is 3.51. The number of hydrogen-bond donors (Lipinski definition) is 2. The van der Waals surface area contributed by atoms with E-state index in [2.05, 4.69) is 15.4 Å². The molecule has 4 aromatic rings. The molecule has 0 radical (unpaired) electrons. The van der Waals surface area contributed by atoms with Crippen molar-refractivity contribution in [3.8, 4) is 22.3 Å². The highest BCUT2D eigenvalue weighted by molar-refractivity contribution is 7.13. The maximum absolute atomic E-state index is 13.3. The predicted molar refractivity (Wildman–Crippen MR) is 137 cm³/mol. The molecule has 1 aliphatic rings. The van der Waals surface area contributed by atoms with Gasteiger partial charge in [0.2, 0.25) is 5.95 Å². The number of H-pyrrole nitrogens is 1. The summed E-state index contributed by atoms with van der Waals surface area (Å²) < 4.78 is 7.41. The number of anilines is 1. The topological polar surface area (TPSA) is 102 Å². The third-order valence-electron chi connectivity index (χ3n) is 5.84. The lowest BCUT2D eigenvalue weighted by Gasteiger charge is -2.25. The Morgan fingerprint density at radius 2 is 1.97 bits per heavy atom. The van der Waals surface area contributed by atoms with Crippen molar-refractivity contribution < 1.29 is 9.53 Å². The van der Waals surface area contributed by atoms with E-state index in [4.69, 9.17) is 21.3 Å². The van der Waals surface area contributed by atoms with Crippen LogP contribution < -0.4 is 15.6 Å². The van der Waals surface area contributed by atoms with E-state index in [1.807, 2.05) is 17.5 Å². The zero-order valence-corrected chi connectivity index (χ0v) is 20.9. The molecule has 35 heavy (non-hydrogen) atoms. The van der Waals surface area contributed by atoms with E-state index in [0.29, 0.717) is 22.3 Å². The molecular formula is C25H24ClN5O3S. The fraction of sp³-hybridized carbons (Fsp3) is 0.280. The monoisotopic (exact) mass is 509 g/mol. The lowest BCUT2D eigenvalue weighted by atomic mass is 9.97. The normalized spacial score (nSPS) is 13.3. The first-order chi connectivity index (χ1) is 16.8. The molecule has 5 rings (SSSR count). The Morgan fingerprint density at radius 3 is 2.71 bits per heavy atom. The van der Waals surface area contributed by atoms with Gasteiger partial charge >= 0.3 is 0 Å². The first-order valence-electron chi connectivity index (χ1n) is 11.3. The highest BCUT2D eigenvalue weighted by Crippen LogP contribution is 2.29. The zero-order chi connectivity index (χ0) is 24.6. The molecule has 8 nitrogen and oxygen atoms in total. The van der Waals surface area contributed by atoms with Gasteiger partial charge in [0.15, 0.2) is 5.60 Å². The molecule has 0 saturated heterocycles. The molecule has 3 aromatic heterocycles. The smallest absolute Gasteiger partial charge is 0.269 e. The molecule has 1 aromatic carbocycles. The van der Waals surface area contributed by atoms with E-state index >= 15 is 0 Å². The third kappa shape index (κ3) is 4.87. The summed E-state index contributed by atoms with van der Waals surface area (Å²) in [4.78, 5) is 34.5. The molecule has 0 spiro atoms. The van der Waals surface area contributed by atoms with Crippen LogP contribution in [0.5, 0.6) is 5.75 Å². The number of benzene rings is 1. The second kappa shape index (κ2) is 9.31. The van der Waals surface area contributed by atoms with Crippen molar-refractivity contribution in [2.75, 3.05) is 5.32 Å². The summed E-state index contributed by atoms with van der Waals surface area (Å²) in [7, 11) is 0. The molecule has 2 N–H and O–H groups in total. The summed E-state index contributed by atoms with van der Waals surface area (Å²) in [6, 6.07) is 12.5. The van der Waals surface area contributed by atoms with Crippen molar-refractivity contribution in [3.63, 3.8) is 0 Å². The van der Waals surface area contributed by atoms with E-state index in [0.717, 1.165) is 41.8 Å². The minimum absolute atomic E-state index is 0.165. The van der Waals surface area contributed by atoms with E-state index in [1.165, 1.54) is 16.0 Å². The van der Waals surface area contributed by atoms with Crippen LogP contribution in [-0.4, -0.2) is 31.3 Å². The minimum atomic E-state index is -1.21. The molecule has 0 saturated carbocycles. The highest BCUT2D eigenvalue weighted by Gasteiger charge is 2.31. The number of nitrogens with zero attached hydrogens (tertiary/aromatic N) is 3. The van der Waals surface area contributed by atoms with Crippen LogP contribution in [0, 0.1) is 0 Å². The van der Waals surface area contributed by atoms with Crippen molar-refractivity contribution in [3.05, 3.63) is 74.5 Å². The van der Waals surface area contributed by atoms with Crippen molar-refractivity contribution >= 4 is 34.7 Å². The van der Waals surface area contributed by atoms with E-state index in [9.17, 15) is 9.59 Å². The van der Waals surface area contributed by atoms with E-state index in [-0.39, 0.29) is 17.4 Å². The van der Waals surface area contributed by atoms with Crippen molar-refractivity contribution in [1.29, 1.82) is 0 Å². The Balaban J connectivity index is 1.50. The number of carbonyl (C=O) groups is 1. The molecule has 1 amide bonds. The van der Waals surface area contributed by atoms with Gasteiger partial charge in [-0.2, -0.15) is 9.78 Å². The summed E-state index contributed by atoms with van der Waals surface area (Å²) in [5, 5.41) is 10.1. The number of aromatic amines is 1. The number of ether oxygens (including phenoxy) is 1. The average molecular weight is 510 g/mol. The van der Waals surface area contributed by atoms with Crippen molar-refractivity contribution in [2.45, 2.75) is 45.1 Å². The number of nitrogens with one attached hydrogen (secondary N) is 2.